The van der Waals surface area contributed by atoms with Gasteiger partial charge in [-0.1, -0.05) is 18.6 Å². The number of fused-ring (bicyclic) bond motifs is 1. The van der Waals surface area contributed by atoms with Gasteiger partial charge in [0.2, 0.25) is 5.78 Å². The predicted molar refractivity (Wildman–Crippen MR) is 79.3 cm³/mol. The maximum absolute atomic E-state index is 12.6. The summed E-state index contributed by atoms with van der Waals surface area (Å²) in [5, 5.41) is 7.88. The molecule has 2 aromatic rings. The predicted octanol–water partition coefficient (Wildman–Crippen LogP) is 3.25. The Morgan fingerprint density at radius 2 is 2.20 bits per heavy atom. The van der Waals surface area contributed by atoms with Gasteiger partial charge in [-0.3, -0.25) is 4.79 Å². The van der Waals surface area contributed by atoms with Crippen LogP contribution in [0.4, 0.5) is 0 Å². The van der Waals surface area contributed by atoms with E-state index >= 15 is 0 Å². The number of rotatable bonds is 4. The van der Waals surface area contributed by atoms with Crippen molar-refractivity contribution in [3.63, 3.8) is 0 Å². The second-order valence-electron chi connectivity index (χ2n) is 5.29. The van der Waals surface area contributed by atoms with Crippen LogP contribution in [-0.2, 0) is 19.4 Å². The molecular weight excluding hydrogens is 270 g/mol. The summed E-state index contributed by atoms with van der Waals surface area (Å²) in [5.41, 5.74) is 1.99. The molecule has 0 saturated carbocycles. The van der Waals surface area contributed by atoms with Crippen molar-refractivity contribution < 1.29 is 4.79 Å². The van der Waals surface area contributed by atoms with E-state index in [-0.39, 0.29) is 5.78 Å². The Balaban J connectivity index is 1.89. The lowest BCUT2D eigenvalue weighted by Gasteiger charge is -2.01. The van der Waals surface area contributed by atoms with E-state index in [0.29, 0.717) is 5.69 Å². The molecule has 0 radical (unpaired) electrons. The summed E-state index contributed by atoms with van der Waals surface area (Å²) in [6.45, 7) is 2.81. The summed E-state index contributed by atoms with van der Waals surface area (Å²) in [5.74, 6) is 0.0709. The molecule has 0 spiro atoms. The molecule has 0 fully saturated rings. The average Bonchev–Trinajstić information content (AvgIpc) is 3.01. The van der Waals surface area contributed by atoms with Gasteiger partial charge in [0.1, 0.15) is 5.69 Å². The lowest BCUT2D eigenvalue weighted by Crippen LogP contribution is -2.10. The highest BCUT2D eigenvalue weighted by molar-refractivity contribution is 7.14. The Bertz CT molecular complexity index is 591. The van der Waals surface area contributed by atoms with Crippen LogP contribution in [0.2, 0.25) is 0 Å². The summed E-state index contributed by atoms with van der Waals surface area (Å²) in [6, 6.07) is 2.09. The van der Waals surface area contributed by atoms with Crippen LogP contribution in [0.15, 0.2) is 12.3 Å². The third-order valence-electron chi connectivity index (χ3n) is 3.76. The standard InChI is InChI=1S/C15H19N3OS/c1-2-8-18-12(10-16-17-18)15(19)14-9-11-6-4-3-5-7-13(11)20-14/h9-10H,2-8H2,1H3. The van der Waals surface area contributed by atoms with E-state index in [1.807, 2.05) is 0 Å². The van der Waals surface area contributed by atoms with Crippen LogP contribution in [0.5, 0.6) is 0 Å². The maximum atomic E-state index is 12.6. The van der Waals surface area contributed by atoms with E-state index in [9.17, 15) is 4.79 Å². The van der Waals surface area contributed by atoms with Gasteiger partial charge in [0.15, 0.2) is 0 Å². The molecule has 2 heterocycles. The lowest BCUT2D eigenvalue weighted by atomic mass is 10.1. The SMILES string of the molecule is CCCn1nncc1C(=O)c1cc2c(s1)CCCCC2. The molecule has 106 valence electrons. The van der Waals surface area contributed by atoms with E-state index in [2.05, 4.69) is 23.3 Å². The molecule has 5 heteroatoms. The molecule has 0 N–H and O–H groups in total. The molecule has 0 aromatic carbocycles. The Kier molecular flexibility index (Phi) is 3.96. The zero-order valence-electron chi connectivity index (χ0n) is 11.8. The van der Waals surface area contributed by atoms with Crippen LogP contribution in [0.25, 0.3) is 0 Å². The van der Waals surface area contributed by atoms with Gasteiger partial charge in [0.25, 0.3) is 0 Å². The van der Waals surface area contributed by atoms with Crippen LogP contribution < -0.4 is 0 Å². The first-order chi connectivity index (χ1) is 9.79. The molecule has 3 rings (SSSR count). The van der Waals surface area contributed by atoms with Gasteiger partial charge in [0, 0.05) is 11.4 Å². The zero-order valence-corrected chi connectivity index (χ0v) is 12.6. The summed E-state index contributed by atoms with van der Waals surface area (Å²) >= 11 is 1.66. The zero-order chi connectivity index (χ0) is 13.9. The Morgan fingerprint density at radius 1 is 1.35 bits per heavy atom. The van der Waals surface area contributed by atoms with Gasteiger partial charge in [0.05, 0.1) is 11.1 Å². The Labute approximate surface area is 122 Å². The fraction of sp³-hybridized carbons (Fsp3) is 0.533. The van der Waals surface area contributed by atoms with Crippen LogP contribution in [0.1, 0.15) is 58.4 Å². The normalized spacial score (nSPS) is 14.8. The van der Waals surface area contributed by atoms with E-state index < -0.39 is 0 Å². The summed E-state index contributed by atoms with van der Waals surface area (Å²) in [7, 11) is 0. The molecule has 0 aliphatic heterocycles. The molecule has 0 atom stereocenters. The molecule has 1 aliphatic rings. The topological polar surface area (TPSA) is 47.8 Å². The number of nitrogens with zero attached hydrogens (tertiary/aromatic N) is 3. The van der Waals surface area contributed by atoms with Crippen LogP contribution in [-0.4, -0.2) is 20.8 Å². The average molecular weight is 289 g/mol. The van der Waals surface area contributed by atoms with Crippen molar-refractivity contribution >= 4 is 17.1 Å². The third-order valence-corrected chi connectivity index (χ3v) is 4.99. The smallest absolute Gasteiger partial charge is 0.222 e. The number of ketones is 1. The van der Waals surface area contributed by atoms with Crippen molar-refractivity contribution in [1.82, 2.24) is 15.0 Å². The second kappa shape index (κ2) is 5.87. The van der Waals surface area contributed by atoms with E-state index in [1.165, 1.54) is 29.7 Å². The highest BCUT2D eigenvalue weighted by Gasteiger charge is 2.20. The minimum atomic E-state index is 0.0709. The third kappa shape index (κ3) is 2.54. The highest BCUT2D eigenvalue weighted by Crippen LogP contribution is 2.30. The van der Waals surface area contributed by atoms with Crippen LogP contribution in [0.3, 0.4) is 0 Å². The molecule has 1 aliphatic carbocycles. The van der Waals surface area contributed by atoms with Crippen LogP contribution in [0, 0.1) is 0 Å². The van der Waals surface area contributed by atoms with Crippen molar-refractivity contribution in [2.75, 3.05) is 0 Å². The fourth-order valence-corrected chi connectivity index (χ4v) is 3.92. The van der Waals surface area contributed by atoms with Crippen LogP contribution >= 0.6 is 11.3 Å². The van der Waals surface area contributed by atoms with Crippen molar-refractivity contribution in [3.8, 4) is 0 Å². The quantitative estimate of drug-likeness (QED) is 0.641. The second-order valence-corrected chi connectivity index (χ2v) is 6.43. The van der Waals surface area contributed by atoms with E-state index in [1.54, 1.807) is 22.2 Å². The van der Waals surface area contributed by atoms with E-state index in [4.69, 9.17) is 0 Å². The van der Waals surface area contributed by atoms with Crippen molar-refractivity contribution in [3.05, 3.63) is 33.3 Å². The number of aromatic nitrogens is 3. The molecule has 0 saturated heterocycles. The van der Waals surface area contributed by atoms with Gasteiger partial charge >= 0.3 is 0 Å². The maximum Gasteiger partial charge on any atom is 0.222 e. The molecule has 2 aromatic heterocycles. The molecular formula is C15H19N3OS. The van der Waals surface area contributed by atoms with Gasteiger partial charge in [-0.15, -0.1) is 16.4 Å². The highest BCUT2D eigenvalue weighted by atomic mass is 32.1. The molecule has 20 heavy (non-hydrogen) atoms. The van der Waals surface area contributed by atoms with Gasteiger partial charge < -0.3 is 0 Å². The number of hydrogen-bond donors (Lipinski definition) is 0. The minimum Gasteiger partial charge on any atom is -0.286 e. The summed E-state index contributed by atoms with van der Waals surface area (Å²) < 4.78 is 1.72. The van der Waals surface area contributed by atoms with Gasteiger partial charge in [-0.25, -0.2) is 4.68 Å². The van der Waals surface area contributed by atoms with Gasteiger partial charge in [-0.2, -0.15) is 0 Å². The Hall–Kier alpha value is -1.49. The van der Waals surface area contributed by atoms with Crippen molar-refractivity contribution in [2.45, 2.75) is 52.0 Å². The molecule has 0 unspecified atom stereocenters. The van der Waals surface area contributed by atoms with Crippen molar-refractivity contribution in [2.24, 2.45) is 0 Å². The number of hydrogen-bond acceptors (Lipinski definition) is 4. The number of aryl methyl sites for hydroxylation is 3. The number of thiophene rings is 1. The number of carbonyl (C=O) groups excluding carboxylic acids is 1. The molecule has 4 nitrogen and oxygen atoms in total. The lowest BCUT2D eigenvalue weighted by molar-refractivity contribution is 0.103. The summed E-state index contributed by atoms with van der Waals surface area (Å²) in [6.07, 6.45) is 8.57. The molecule has 0 bridgehead atoms. The summed E-state index contributed by atoms with van der Waals surface area (Å²) in [4.78, 5) is 14.9. The van der Waals surface area contributed by atoms with E-state index in [0.717, 1.165) is 30.7 Å². The first kappa shape index (κ1) is 13.5. The van der Waals surface area contributed by atoms with Crippen molar-refractivity contribution in [1.29, 1.82) is 0 Å². The number of carbonyl (C=O) groups is 1. The van der Waals surface area contributed by atoms with Gasteiger partial charge in [-0.05, 0) is 43.7 Å². The first-order valence-electron chi connectivity index (χ1n) is 7.34. The minimum absolute atomic E-state index is 0.0709. The monoisotopic (exact) mass is 289 g/mol. The fourth-order valence-electron chi connectivity index (χ4n) is 2.72. The molecule has 0 amide bonds. The first-order valence-corrected chi connectivity index (χ1v) is 8.16. The Morgan fingerprint density at radius 3 is 3.05 bits per heavy atom. The largest absolute Gasteiger partial charge is 0.286 e.